The highest BCUT2D eigenvalue weighted by Gasteiger charge is 2.66. The summed E-state index contributed by atoms with van der Waals surface area (Å²) in [5.74, 6) is -0.307. The molecule has 4 aliphatic rings. The average molecular weight is 454 g/mol. The first-order valence-electron chi connectivity index (χ1n) is 11.9. The molecular weight excluding hydrogens is 422 g/mol. The van der Waals surface area contributed by atoms with Gasteiger partial charge in [0.2, 0.25) is 0 Å². The van der Waals surface area contributed by atoms with E-state index in [0.29, 0.717) is 5.56 Å². The smallest absolute Gasteiger partial charge is 0.429 e. The maximum atomic E-state index is 13.4. The molecule has 176 valence electrons. The number of carbonyl (C=O) groups is 3. The number of benzene rings is 1. The second-order valence-electron chi connectivity index (χ2n) is 9.82. The fourth-order valence-electron chi connectivity index (χ4n) is 5.97. The summed E-state index contributed by atoms with van der Waals surface area (Å²) >= 11 is 0. The summed E-state index contributed by atoms with van der Waals surface area (Å²) < 4.78 is 11.2. The minimum Gasteiger partial charge on any atom is -0.445 e. The van der Waals surface area contributed by atoms with Crippen LogP contribution in [0.2, 0.25) is 0 Å². The molecule has 3 fully saturated rings. The molecule has 4 atom stereocenters. The van der Waals surface area contributed by atoms with Crippen LogP contribution in [0.3, 0.4) is 0 Å². The van der Waals surface area contributed by atoms with Crippen molar-refractivity contribution in [1.82, 2.24) is 15.3 Å². The summed E-state index contributed by atoms with van der Waals surface area (Å²) in [6.07, 6.45) is 2.21. The van der Waals surface area contributed by atoms with Crippen LogP contribution in [0, 0.1) is 0 Å². The van der Waals surface area contributed by atoms with Gasteiger partial charge in [-0.25, -0.2) is 19.6 Å². The molecule has 0 radical (unpaired) electrons. The summed E-state index contributed by atoms with van der Waals surface area (Å²) in [7, 11) is 0. The predicted molar refractivity (Wildman–Crippen MR) is 120 cm³/mol. The van der Waals surface area contributed by atoms with Gasteiger partial charge in [0.15, 0.2) is 0 Å². The van der Waals surface area contributed by atoms with E-state index in [-0.39, 0.29) is 30.1 Å². The van der Waals surface area contributed by atoms with Crippen molar-refractivity contribution >= 4 is 18.1 Å². The van der Waals surface area contributed by atoms with Crippen LogP contribution in [0.1, 0.15) is 75.2 Å². The monoisotopic (exact) mass is 453 g/mol. The highest BCUT2D eigenvalue weighted by atomic mass is 16.6. The Labute approximate surface area is 193 Å². The zero-order chi connectivity index (χ0) is 23.4. The van der Waals surface area contributed by atoms with Gasteiger partial charge in [0.1, 0.15) is 6.04 Å². The van der Waals surface area contributed by atoms with E-state index in [9.17, 15) is 14.4 Å². The highest BCUT2D eigenvalue weighted by Crippen LogP contribution is 2.55. The molecule has 2 aliphatic heterocycles. The Morgan fingerprint density at radius 3 is 2.12 bits per heavy atom. The maximum absolute atomic E-state index is 13.4. The number of hydrogen-bond donors (Lipinski definition) is 1. The summed E-state index contributed by atoms with van der Waals surface area (Å²) in [5, 5.41) is 6.03. The second kappa shape index (κ2) is 8.08. The molecule has 2 saturated carbocycles. The van der Waals surface area contributed by atoms with Crippen LogP contribution < -0.4 is 5.32 Å². The van der Waals surface area contributed by atoms with Crippen molar-refractivity contribution < 1.29 is 23.9 Å². The van der Waals surface area contributed by atoms with Gasteiger partial charge in [-0.05, 0) is 70.6 Å². The molecular formula is C25H31N3O5. The van der Waals surface area contributed by atoms with E-state index in [1.54, 1.807) is 27.7 Å². The van der Waals surface area contributed by atoms with E-state index in [1.165, 1.54) is 15.6 Å². The van der Waals surface area contributed by atoms with Crippen molar-refractivity contribution in [3.05, 3.63) is 46.5 Å². The van der Waals surface area contributed by atoms with Gasteiger partial charge < -0.3 is 14.8 Å². The Morgan fingerprint density at radius 1 is 0.939 bits per heavy atom. The van der Waals surface area contributed by atoms with Gasteiger partial charge in [0, 0.05) is 11.5 Å². The minimum atomic E-state index is -0.596. The van der Waals surface area contributed by atoms with Crippen molar-refractivity contribution in [3.8, 4) is 0 Å². The van der Waals surface area contributed by atoms with E-state index in [2.05, 4.69) is 5.32 Å². The molecule has 1 aromatic carbocycles. The molecule has 2 bridgehead atoms. The Balaban J connectivity index is 1.68. The van der Waals surface area contributed by atoms with Crippen LogP contribution in [0.25, 0.3) is 0 Å². The second-order valence-corrected chi connectivity index (χ2v) is 9.82. The lowest BCUT2D eigenvalue weighted by Crippen LogP contribution is -2.65. The van der Waals surface area contributed by atoms with Crippen LogP contribution in [0.15, 0.2) is 35.4 Å². The van der Waals surface area contributed by atoms with Gasteiger partial charge in [-0.1, -0.05) is 23.8 Å². The molecule has 5 rings (SSSR count). The number of hydrazine groups is 1. The highest BCUT2D eigenvalue weighted by molar-refractivity contribution is 5.98. The maximum Gasteiger partial charge on any atom is 0.429 e. The zero-order valence-corrected chi connectivity index (χ0v) is 19.5. The third kappa shape index (κ3) is 3.38. The van der Waals surface area contributed by atoms with Gasteiger partial charge >= 0.3 is 12.2 Å². The van der Waals surface area contributed by atoms with Gasteiger partial charge in [-0.2, -0.15) is 0 Å². The number of fused-ring (bicyclic) bond motifs is 7. The number of amides is 3. The molecule has 8 nitrogen and oxygen atoms in total. The standard InChI is InChI=1S/C25H31N3O5/c1-13(2)32-24(30)27-21-18(15-9-5-6-10-15)22(28(27)25(31)33-14(3)4)20-19(21)16-11-7-8-12-17(16)23(29)26-20/h7-8,11-14,19-22H,5-6,9-10H2,1-4H3,(H,26,29)/t19-,20+,21-,22+/m0/s1. The van der Waals surface area contributed by atoms with Crippen molar-refractivity contribution in [2.75, 3.05) is 0 Å². The molecule has 3 amide bonds. The van der Waals surface area contributed by atoms with Crippen molar-refractivity contribution in [2.24, 2.45) is 0 Å². The lowest BCUT2D eigenvalue weighted by atomic mass is 9.82. The van der Waals surface area contributed by atoms with E-state index in [1.807, 2.05) is 24.3 Å². The van der Waals surface area contributed by atoms with Crippen molar-refractivity contribution in [1.29, 1.82) is 0 Å². The minimum absolute atomic E-state index is 0.149. The lowest BCUT2D eigenvalue weighted by molar-refractivity contribution is -0.0643. The molecule has 0 aromatic heterocycles. The molecule has 2 heterocycles. The first-order chi connectivity index (χ1) is 15.8. The number of ether oxygens (including phenoxy) is 2. The molecule has 8 heteroatoms. The largest absolute Gasteiger partial charge is 0.445 e. The SMILES string of the molecule is CC(C)OC(=O)N1[C@@H]2C(=C3CCCC3)[C@@H]([C@H]3c4ccccc4C(=O)N[C@H]32)N1C(=O)OC(C)C. The van der Waals surface area contributed by atoms with Gasteiger partial charge in [0.05, 0.1) is 24.3 Å². The third-order valence-electron chi connectivity index (χ3n) is 6.99. The summed E-state index contributed by atoms with van der Waals surface area (Å²) in [5.41, 5.74) is 3.89. The molecule has 0 spiro atoms. The van der Waals surface area contributed by atoms with Crippen molar-refractivity contribution in [2.45, 2.75) is 89.6 Å². The summed E-state index contributed by atoms with van der Waals surface area (Å²) in [4.78, 5) is 39.7. The number of nitrogens with one attached hydrogen (secondary N) is 1. The number of rotatable bonds is 2. The molecule has 0 unspecified atom stereocenters. The summed E-state index contributed by atoms with van der Waals surface area (Å²) in [6.45, 7) is 7.14. The number of allylic oxidation sites excluding steroid dienone is 1. The first kappa shape index (κ1) is 21.8. The molecule has 1 N–H and O–H groups in total. The normalized spacial score (nSPS) is 27.8. The molecule has 1 aromatic rings. The van der Waals surface area contributed by atoms with Crippen LogP contribution >= 0.6 is 0 Å². The van der Waals surface area contributed by atoms with Gasteiger partial charge in [-0.3, -0.25) is 4.79 Å². The fraction of sp³-hybridized carbons (Fsp3) is 0.560. The van der Waals surface area contributed by atoms with Crippen molar-refractivity contribution in [3.63, 3.8) is 0 Å². The van der Waals surface area contributed by atoms with Crippen LogP contribution in [-0.4, -0.2) is 58.4 Å². The quantitative estimate of drug-likeness (QED) is 0.681. The number of carbonyl (C=O) groups excluding carboxylic acids is 3. The number of hydrogen-bond acceptors (Lipinski definition) is 5. The first-order valence-corrected chi connectivity index (χ1v) is 11.9. The molecule has 33 heavy (non-hydrogen) atoms. The van der Waals surface area contributed by atoms with Crippen LogP contribution in [0.4, 0.5) is 9.59 Å². The Morgan fingerprint density at radius 2 is 1.52 bits per heavy atom. The van der Waals surface area contributed by atoms with Crippen LogP contribution in [0.5, 0.6) is 0 Å². The average Bonchev–Trinajstić information content (AvgIpc) is 3.45. The van der Waals surface area contributed by atoms with E-state index < -0.39 is 24.3 Å². The molecule has 1 saturated heterocycles. The van der Waals surface area contributed by atoms with E-state index in [4.69, 9.17) is 9.47 Å². The fourth-order valence-corrected chi connectivity index (χ4v) is 5.97. The Hall–Kier alpha value is -3.03. The molecule has 2 aliphatic carbocycles. The van der Waals surface area contributed by atoms with E-state index in [0.717, 1.165) is 36.8 Å². The number of nitrogens with zero attached hydrogens (tertiary/aromatic N) is 2. The van der Waals surface area contributed by atoms with Gasteiger partial charge in [-0.15, -0.1) is 0 Å². The Kier molecular flexibility index (Phi) is 5.34. The Bertz CT molecular complexity index is 1020. The zero-order valence-electron chi connectivity index (χ0n) is 19.5. The van der Waals surface area contributed by atoms with E-state index >= 15 is 0 Å². The third-order valence-corrected chi connectivity index (χ3v) is 6.99. The van der Waals surface area contributed by atoms with Gasteiger partial charge in [0.25, 0.3) is 5.91 Å². The predicted octanol–water partition coefficient (Wildman–Crippen LogP) is 4.13. The summed E-state index contributed by atoms with van der Waals surface area (Å²) in [6, 6.07) is 6.34. The topological polar surface area (TPSA) is 88.2 Å². The van der Waals surface area contributed by atoms with Crippen LogP contribution in [-0.2, 0) is 9.47 Å². The lowest BCUT2D eigenvalue weighted by Gasteiger charge is -2.46.